The number of imidazole rings is 1. The lowest BCUT2D eigenvalue weighted by Gasteiger charge is -2.00. The van der Waals surface area contributed by atoms with Crippen molar-refractivity contribution in [3.8, 4) is 40.5 Å². The van der Waals surface area contributed by atoms with E-state index in [1.54, 1.807) is 6.20 Å². The van der Waals surface area contributed by atoms with Crippen molar-refractivity contribution >= 4 is 0 Å². The zero-order valence-corrected chi connectivity index (χ0v) is 16.4. The minimum atomic E-state index is 0.707. The van der Waals surface area contributed by atoms with Crippen LogP contribution in [0.4, 0.5) is 0 Å². The average molecular weight is 376 g/mol. The smallest absolute Gasteiger partial charge is 0.210 e. The number of nitrogens with zero attached hydrogens (tertiary/aromatic N) is 4. The van der Waals surface area contributed by atoms with Crippen LogP contribution in [0.1, 0.15) is 11.4 Å². The van der Waals surface area contributed by atoms with Crippen LogP contribution in [-0.2, 0) is 14.1 Å². The van der Waals surface area contributed by atoms with Crippen LogP contribution >= 0.6 is 0 Å². The normalized spacial score (nSPS) is 9.86. The second-order valence-corrected chi connectivity index (χ2v) is 6.66. The van der Waals surface area contributed by atoms with Gasteiger partial charge in [0.05, 0.1) is 0 Å². The molecule has 3 heterocycles. The second kappa shape index (κ2) is 8.25. The van der Waals surface area contributed by atoms with E-state index < -0.39 is 0 Å². The third-order valence-electron chi connectivity index (χ3n) is 4.57. The molecular weight excluding hydrogens is 356 g/mol. The number of aryl methyl sites for hydroxylation is 2. The van der Waals surface area contributed by atoms with Crippen LogP contribution in [0.15, 0.2) is 85.7 Å². The molecule has 4 rings (SSSR count). The van der Waals surface area contributed by atoms with Crippen molar-refractivity contribution in [3.05, 3.63) is 97.1 Å². The highest BCUT2D eigenvalue weighted by atomic mass is 15.0. The Labute approximate surface area is 170 Å². The van der Waals surface area contributed by atoms with E-state index in [0.29, 0.717) is 5.82 Å². The Kier molecular flexibility index (Phi) is 5.18. The van der Waals surface area contributed by atoms with Crippen molar-refractivity contribution < 1.29 is 9.13 Å². The van der Waals surface area contributed by atoms with Crippen molar-refractivity contribution in [2.45, 2.75) is 0 Å². The van der Waals surface area contributed by atoms with Crippen LogP contribution in [0.3, 0.4) is 0 Å². The van der Waals surface area contributed by atoms with Crippen molar-refractivity contribution in [1.29, 1.82) is 0 Å². The Bertz CT molecular complexity index is 1240. The summed E-state index contributed by atoms with van der Waals surface area (Å²) in [6.07, 6.45) is 11.8. The minimum absolute atomic E-state index is 0.707. The quantitative estimate of drug-likeness (QED) is 0.390. The Balaban J connectivity index is 1.47. The van der Waals surface area contributed by atoms with Gasteiger partial charge in [0.25, 0.3) is 0 Å². The van der Waals surface area contributed by atoms with E-state index in [9.17, 15) is 0 Å². The summed E-state index contributed by atoms with van der Waals surface area (Å²) in [4.78, 5) is 4.15. The lowest BCUT2D eigenvalue weighted by molar-refractivity contribution is -0.671. The number of hydrogen-bond acceptors (Lipinski definition) is 1. The van der Waals surface area contributed by atoms with E-state index in [4.69, 9.17) is 0 Å². The number of benzene rings is 1. The first-order valence-electron chi connectivity index (χ1n) is 9.26. The summed E-state index contributed by atoms with van der Waals surface area (Å²) in [5, 5.41) is 0. The van der Waals surface area contributed by atoms with Crippen LogP contribution in [0.5, 0.6) is 0 Å². The molecule has 4 aromatic rings. The van der Waals surface area contributed by atoms with Crippen LogP contribution in [0.25, 0.3) is 16.8 Å². The molecule has 0 unspecified atom stereocenters. The molecule has 0 amide bonds. The highest BCUT2D eigenvalue weighted by Crippen LogP contribution is 2.16. The highest BCUT2D eigenvalue weighted by molar-refractivity contribution is 5.61. The van der Waals surface area contributed by atoms with Crippen LogP contribution in [0.2, 0.25) is 0 Å². The molecule has 4 nitrogen and oxygen atoms in total. The first-order valence-corrected chi connectivity index (χ1v) is 9.26. The molecule has 1 aromatic carbocycles. The standard InChI is InChI=1S/C25H20N4/c1-27-16-11-22(12-17-27)23-13-18-29(19-14-23)24-9-7-21(8-10-24)5-3-4-6-25-26-15-20-28(25)2/h7-20H,1-2H3/q+2. The van der Waals surface area contributed by atoms with E-state index in [0.717, 1.165) is 11.3 Å². The maximum atomic E-state index is 4.15. The molecule has 0 aliphatic heterocycles. The third-order valence-corrected chi connectivity index (χ3v) is 4.57. The number of rotatable bonds is 2. The fourth-order valence-electron chi connectivity index (χ4n) is 2.88. The van der Waals surface area contributed by atoms with Gasteiger partial charge in [-0.3, -0.25) is 0 Å². The summed E-state index contributed by atoms with van der Waals surface area (Å²) in [6.45, 7) is 0. The molecule has 0 fully saturated rings. The summed E-state index contributed by atoms with van der Waals surface area (Å²) in [7, 11) is 3.93. The molecule has 0 aliphatic rings. The molecule has 0 saturated heterocycles. The Morgan fingerprint density at radius 2 is 1.41 bits per heavy atom. The van der Waals surface area contributed by atoms with Crippen LogP contribution in [0, 0.1) is 23.7 Å². The van der Waals surface area contributed by atoms with E-state index in [1.807, 2.05) is 41.6 Å². The maximum absolute atomic E-state index is 4.15. The molecule has 0 N–H and O–H groups in total. The summed E-state index contributed by atoms with van der Waals surface area (Å²) in [5.41, 5.74) is 4.40. The van der Waals surface area contributed by atoms with Crippen molar-refractivity contribution in [2.24, 2.45) is 14.1 Å². The van der Waals surface area contributed by atoms with Gasteiger partial charge in [0, 0.05) is 61.4 Å². The van der Waals surface area contributed by atoms with Gasteiger partial charge < -0.3 is 4.57 Å². The van der Waals surface area contributed by atoms with Gasteiger partial charge in [-0.1, -0.05) is 5.92 Å². The van der Waals surface area contributed by atoms with E-state index in [1.165, 1.54) is 11.1 Å². The molecule has 29 heavy (non-hydrogen) atoms. The van der Waals surface area contributed by atoms with E-state index >= 15 is 0 Å². The average Bonchev–Trinajstić information content (AvgIpc) is 3.17. The first-order chi connectivity index (χ1) is 14.2. The monoisotopic (exact) mass is 376 g/mol. The Hall–Kier alpha value is -4.15. The molecular formula is C25H20N4+2. The number of pyridine rings is 2. The fraction of sp³-hybridized carbons (Fsp3) is 0.0800. The molecule has 138 valence electrons. The SMILES string of the molecule is Cn1ccnc1C#CC#Cc1ccc(-[n+]2ccc(-c3cc[n+](C)cc3)cc2)cc1. The topological polar surface area (TPSA) is 25.6 Å². The van der Waals surface area contributed by atoms with E-state index in [-0.39, 0.29) is 0 Å². The molecule has 0 spiro atoms. The maximum Gasteiger partial charge on any atom is 0.210 e. The van der Waals surface area contributed by atoms with Gasteiger partial charge in [-0.25, -0.2) is 9.55 Å². The number of hydrogen-bond donors (Lipinski definition) is 0. The molecule has 0 bridgehead atoms. The molecule has 0 radical (unpaired) electrons. The van der Waals surface area contributed by atoms with Crippen molar-refractivity contribution in [3.63, 3.8) is 0 Å². The zero-order valence-electron chi connectivity index (χ0n) is 16.4. The molecule has 0 aliphatic carbocycles. The van der Waals surface area contributed by atoms with E-state index in [2.05, 4.69) is 94.4 Å². The van der Waals surface area contributed by atoms with Gasteiger partial charge in [0.1, 0.15) is 7.05 Å². The fourth-order valence-corrected chi connectivity index (χ4v) is 2.88. The summed E-state index contributed by atoms with van der Waals surface area (Å²) < 4.78 is 5.98. The summed E-state index contributed by atoms with van der Waals surface area (Å²) in [5.74, 6) is 12.5. The zero-order chi connectivity index (χ0) is 20.1. The molecule has 4 heteroatoms. The van der Waals surface area contributed by atoms with Gasteiger partial charge in [-0.05, 0) is 41.0 Å². The summed E-state index contributed by atoms with van der Waals surface area (Å²) >= 11 is 0. The second-order valence-electron chi connectivity index (χ2n) is 6.66. The van der Waals surface area contributed by atoms with Crippen LogP contribution < -0.4 is 9.13 Å². The predicted molar refractivity (Wildman–Crippen MR) is 112 cm³/mol. The van der Waals surface area contributed by atoms with Gasteiger partial charge in [0.15, 0.2) is 30.6 Å². The first kappa shape index (κ1) is 18.2. The minimum Gasteiger partial charge on any atom is -0.327 e. The van der Waals surface area contributed by atoms with Gasteiger partial charge in [-0.2, -0.15) is 4.57 Å². The van der Waals surface area contributed by atoms with Gasteiger partial charge in [0.2, 0.25) is 5.69 Å². The van der Waals surface area contributed by atoms with Gasteiger partial charge in [-0.15, -0.1) is 0 Å². The van der Waals surface area contributed by atoms with Crippen LogP contribution in [-0.4, -0.2) is 9.55 Å². The Morgan fingerprint density at radius 3 is 2.03 bits per heavy atom. The van der Waals surface area contributed by atoms with Gasteiger partial charge >= 0.3 is 0 Å². The predicted octanol–water partition coefficient (Wildman–Crippen LogP) is 2.59. The largest absolute Gasteiger partial charge is 0.327 e. The molecule has 0 atom stereocenters. The lowest BCUT2D eigenvalue weighted by atomic mass is 10.1. The lowest BCUT2D eigenvalue weighted by Crippen LogP contribution is -2.29. The highest BCUT2D eigenvalue weighted by Gasteiger charge is 2.07. The molecule has 0 saturated carbocycles. The summed E-state index contributed by atoms with van der Waals surface area (Å²) in [6, 6.07) is 16.6. The van der Waals surface area contributed by atoms with Crippen molar-refractivity contribution in [1.82, 2.24) is 9.55 Å². The Morgan fingerprint density at radius 1 is 0.793 bits per heavy atom. The molecule has 3 aromatic heterocycles. The third kappa shape index (κ3) is 4.40. The van der Waals surface area contributed by atoms with Crippen molar-refractivity contribution in [2.75, 3.05) is 0 Å². The number of aromatic nitrogens is 4.